The number of carbonyl (C=O) groups excluding carboxylic acids is 2. The molecule has 1 heterocycles. The summed E-state index contributed by atoms with van der Waals surface area (Å²) in [4.78, 5) is 25.0. The van der Waals surface area contributed by atoms with Crippen molar-refractivity contribution in [3.63, 3.8) is 0 Å². The summed E-state index contributed by atoms with van der Waals surface area (Å²) in [6, 6.07) is 11.6. The Hall–Kier alpha value is -2.85. The first-order valence-corrected chi connectivity index (χ1v) is 13.1. The van der Waals surface area contributed by atoms with E-state index in [1.54, 1.807) is 18.5 Å². The van der Waals surface area contributed by atoms with Crippen molar-refractivity contribution >= 4 is 45.2 Å². The summed E-state index contributed by atoms with van der Waals surface area (Å²) >= 11 is 4.75. The van der Waals surface area contributed by atoms with E-state index in [1.807, 2.05) is 50.2 Å². The van der Waals surface area contributed by atoms with Gasteiger partial charge in [0.1, 0.15) is 5.75 Å². The average Bonchev–Trinajstić information content (AvgIpc) is 3.18. The molecule has 0 saturated heterocycles. The summed E-state index contributed by atoms with van der Waals surface area (Å²) in [5, 5.41) is 14.7. The van der Waals surface area contributed by atoms with E-state index in [0.717, 1.165) is 27.7 Å². The van der Waals surface area contributed by atoms with Crippen molar-refractivity contribution in [3.05, 3.63) is 63.4 Å². The lowest BCUT2D eigenvalue weighted by molar-refractivity contribution is -0.127. The number of hydrogen-bond acceptors (Lipinski definition) is 6. The molecular formula is C25H30BrN5O3S. The minimum absolute atomic E-state index is 0.126. The van der Waals surface area contributed by atoms with Gasteiger partial charge in [0.05, 0.1) is 12.3 Å². The lowest BCUT2D eigenvalue weighted by atomic mass is 10.1. The zero-order valence-electron chi connectivity index (χ0n) is 20.5. The number of amides is 2. The van der Waals surface area contributed by atoms with Gasteiger partial charge < -0.3 is 19.9 Å². The minimum Gasteiger partial charge on any atom is -0.481 e. The SMILES string of the molecule is CCc1ccc(O[C@@H](C)C(=O)NCc2nnc(SCC(=O)Nc3c(C)cc(Br)cc3C)n2C)cc1. The summed E-state index contributed by atoms with van der Waals surface area (Å²) in [6.07, 6.45) is 0.294. The molecule has 0 radical (unpaired) electrons. The van der Waals surface area contributed by atoms with Gasteiger partial charge in [-0.25, -0.2) is 0 Å². The zero-order chi connectivity index (χ0) is 25.5. The van der Waals surface area contributed by atoms with Crippen LogP contribution in [0, 0.1) is 13.8 Å². The van der Waals surface area contributed by atoms with E-state index in [9.17, 15) is 9.59 Å². The third kappa shape index (κ3) is 7.32. The second kappa shape index (κ2) is 12.2. The number of nitrogens with one attached hydrogen (secondary N) is 2. The fraction of sp³-hybridized carbons (Fsp3) is 0.360. The average molecular weight is 561 g/mol. The minimum atomic E-state index is -0.654. The fourth-order valence-corrected chi connectivity index (χ4v) is 4.83. The molecule has 0 aliphatic rings. The van der Waals surface area contributed by atoms with Gasteiger partial charge in [-0.05, 0) is 68.1 Å². The Bertz CT molecular complexity index is 1170. The summed E-state index contributed by atoms with van der Waals surface area (Å²) in [7, 11) is 1.81. The van der Waals surface area contributed by atoms with Gasteiger partial charge in [-0.1, -0.05) is 46.7 Å². The van der Waals surface area contributed by atoms with Crippen LogP contribution in [0.25, 0.3) is 0 Å². The Morgan fingerprint density at radius 1 is 1.14 bits per heavy atom. The highest BCUT2D eigenvalue weighted by molar-refractivity contribution is 9.10. The zero-order valence-corrected chi connectivity index (χ0v) is 22.9. The molecule has 0 spiro atoms. The van der Waals surface area contributed by atoms with Crippen molar-refractivity contribution in [3.8, 4) is 5.75 Å². The number of thioether (sulfide) groups is 1. The molecule has 0 aliphatic heterocycles. The molecule has 3 aromatic rings. The van der Waals surface area contributed by atoms with Gasteiger partial charge in [0.15, 0.2) is 17.1 Å². The Morgan fingerprint density at radius 2 is 1.80 bits per heavy atom. The molecule has 35 heavy (non-hydrogen) atoms. The number of ether oxygens (including phenoxy) is 1. The molecule has 2 aromatic carbocycles. The van der Waals surface area contributed by atoms with E-state index in [2.05, 4.69) is 43.7 Å². The number of benzene rings is 2. The van der Waals surface area contributed by atoms with Crippen LogP contribution in [-0.2, 0) is 29.6 Å². The number of anilines is 1. The predicted molar refractivity (Wildman–Crippen MR) is 142 cm³/mol. The van der Waals surface area contributed by atoms with Crippen molar-refractivity contribution in [2.75, 3.05) is 11.1 Å². The summed E-state index contributed by atoms with van der Waals surface area (Å²) in [5.41, 5.74) is 4.01. The van der Waals surface area contributed by atoms with Crippen LogP contribution in [0.3, 0.4) is 0 Å². The van der Waals surface area contributed by atoms with Gasteiger partial charge >= 0.3 is 0 Å². The summed E-state index contributed by atoms with van der Waals surface area (Å²) in [5.74, 6) is 1.05. The Balaban J connectivity index is 1.49. The van der Waals surface area contributed by atoms with Gasteiger partial charge in [0, 0.05) is 17.2 Å². The number of halogens is 1. The van der Waals surface area contributed by atoms with E-state index in [1.165, 1.54) is 17.3 Å². The van der Waals surface area contributed by atoms with Crippen molar-refractivity contribution in [1.82, 2.24) is 20.1 Å². The fourth-order valence-electron chi connectivity index (χ4n) is 3.41. The first kappa shape index (κ1) is 26.7. The highest BCUT2D eigenvalue weighted by atomic mass is 79.9. The molecule has 186 valence electrons. The molecule has 2 N–H and O–H groups in total. The van der Waals surface area contributed by atoms with Crippen molar-refractivity contribution in [2.24, 2.45) is 7.05 Å². The second-order valence-electron chi connectivity index (χ2n) is 8.18. The van der Waals surface area contributed by atoms with Crippen LogP contribution in [-0.4, -0.2) is 38.4 Å². The Kier molecular flexibility index (Phi) is 9.33. The van der Waals surface area contributed by atoms with Crippen LogP contribution in [0.2, 0.25) is 0 Å². The van der Waals surface area contributed by atoms with Crippen LogP contribution in [0.1, 0.15) is 36.4 Å². The van der Waals surface area contributed by atoms with Gasteiger partial charge in [-0.2, -0.15) is 0 Å². The van der Waals surface area contributed by atoms with E-state index in [4.69, 9.17) is 4.74 Å². The Morgan fingerprint density at radius 3 is 2.43 bits per heavy atom. The largest absolute Gasteiger partial charge is 0.481 e. The second-order valence-corrected chi connectivity index (χ2v) is 10.0. The van der Waals surface area contributed by atoms with Crippen LogP contribution in [0.15, 0.2) is 46.0 Å². The van der Waals surface area contributed by atoms with Crippen molar-refractivity contribution in [2.45, 2.75) is 51.9 Å². The highest BCUT2D eigenvalue weighted by Gasteiger charge is 2.17. The predicted octanol–water partition coefficient (Wildman–Crippen LogP) is 4.57. The molecule has 0 saturated carbocycles. The molecule has 1 atom stereocenters. The molecule has 2 amide bonds. The maximum absolute atomic E-state index is 12.5. The van der Waals surface area contributed by atoms with Crippen LogP contribution < -0.4 is 15.4 Å². The number of nitrogens with zero attached hydrogens (tertiary/aromatic N) is 3. The summed E-state index contributed by atoms with van der Waals surface area (Å²) in [6.45, 7) is 7.90. The molecule has 10 heteroatoms. The molecule has 0 unspecified atom stereocenters. The molecule has 0 bridgehead atoms. The first-order valence-electron chi connectivity index (χ1n) is 11.3. The molecular weight excluding hydrogens is 530 g/mol. The smallest absolute Gasteiger partial charge is 0.261 e. The number of aryl methyl sites for hydroxylation is 3. The van der Waals surface area contributed by atoms with E-state index >= 15 is 0 Å². The van der Waals surface area contributed by atoms with Gasteiger partial charge in [-0.3, -0.25) is 9.59 Å². The molecule has 0 aliphatic carbocycles. The third-order valence-electron chi connectivity index (χ3n) is 5.45. The van der Waals surface area contributed by atoms with E-state index in [-0.39, 0.29) is 24.1 Å². The third-order valence-corrected chi connectivity index (χ3v) is 6.93. The first-order chi connectivity index (χ1) is 16.7. The summed E-state index contributed by atoms with van der Waals surface area (Å²) < 4.78 is 8.47. The van der Waals surface area contributed by atoms with Crippen LogP contribution in [0.5, 0.6) is 5.75 Å². The maximum atomic E-state index is 12.5. The molecule has 0 fully saturated rings. The molecule has 1 aromatic heterocycles. The number of rotatable bonds is 10. The molecule has 3 rings (SSSR count). The number of aromatic nitrogens is 3. The van der Waals surface area contributed by atoms with Crippen molar-refractivity contribution in [1.29, 1.82) is 0 Å². The Labute approximate surface area is 218 Å². The lowest BCUT2D eigenvalue weighted by Gasteiger charge is -2.15. The lowest BCUT2D eigenvalue weighted by Crippen LogP contribution is -2.36. The standard InChI is InChI=1S/C25H30BrN5O3S/c1-6-18-7-9-20(10-8-18)34-17(4)24(33)27-13-21-29-30-25(31(21)5)35-14-22(32)28-23-15(2)11-19(26)12-16(23)3/h7-12,17H,6,13-14H2,1-5H3,(H,27,33)(H,28,32)/t17-/m0/s1. The maximum Gasteiger partial charge on any atom is 0.261 e. The topological polar surface area (TPSA) is 98.1 Å². The highest BCUT2D eigenvalue weighted by Crippen LogP contribution is 2.25. The monoisotopic (exact) mass is 559 g/mol. The van der Waals surface area contributed by atoms with Crippen molar-refractivity contribution < 1.29 is 14.3 Å². The quantitative estimate of drug-likeness (QED) is 0.353. The van der Waals surface area contributed by atoms with E-state index in [0.29, 0.717) is 16.7 Å². The van der Waals surface area contributed by atoms with Gasteiger partial charge in [-0.15, -0.1) is 10.2 Å². The van der Waals surface area contributed by atoms with Crippen LogP contribution in [0.4, 0.5) is 5.69 Å². The molecule has 8 nitrogen and oxygen atoms in total. The van der Waals surface area contributed by atoms with Gasteiger partial charge in [0.2, 0.25) is 5.91 Å². The van der Waals surface area contributed by atoms with Crippen LogP contribution >= 0.6 is 27.7 Å². The number of carbonyl (C=O) groups is 2. The van der Waals surface area contributed by atoms with E-state index < -0.39 is 6.10 Å². The number of hydrogen-bond donors (Lipinski definition) is 2. The normalized spacial score (nSPS) is 11.7. The van der Waals surface area contributed by atoms with Gasteiger partial charge in [0.25, 0.3) is 5.91 Å².